The molecule has 0 fully saturated rings. The predicted molar refractivity (Wildman–Crippen MR) is 80.1 cm³/mol. The number of aromatic nitrogens is 3. The second kappa shape index (κ2) is 4.91. The summed E-state index contributed by atoms with van der Waals surface area (Å²) in [5.74, 6) is -0.123. The molecule has 0 amide bonds. The highest BCUT2D eigenvalue weighted by Crippen LogP contribution is 2.25. The van der Waals surface area contributed by atoms with E-state index in [1.54, 1.807) is 37.4 Å². The van der Waals surface area contributed by atoms with Crippen LogP contribution in [0.5, 0.6) is 0 Å². The molecule has 0 aliphatic carbocycles. The highest BCUT2D eigenvalue weighted by Gasteiger charge is 2.13. The standard InChI is InChI=1S/C16H10FN3O3/c1-20-12-7-4-10(8-13(12)22-16(20)21)14-18-15(23-19-14)9-2-5-11(17)6-3-9/h2-8H,1H3. The van der Waals surface area contributed by atoms with Crippen LogP contribution in [0.1, 0.15) is 0 Å². The molecule has 0 saturated heterocycles. The third kappa shape index (κ3) is 2.22. The molecule has 6 nitrogen and oxygen atoms in total. The fourth-order valence-electron chi connectivity index (χ4n) is 2.32. The summed E-state index contributed by atoms with van der Waals surface area (Å²) in [4.78, 5) is 15.8. The molecular formula is C16H10FN3O3. The van der Waals surface area contributed by atoms with Gasteiger partial charge in [0.05, 0.1) is 5.52 Å². The lowest BCUT2D eigenvalue weighted by Gasteiger charge is -1.95. The Hall–Kier alpha value is -3.22. The van der Waals surface area contributed by atoms with Crippen molar-refractivity contribution < 1.29 is 13.3 Å². The van der Waals surface area contributed by atoms with Gasteiger partial charge in [0.1, 0.15) is 5.82 Å². The first-order valence-corrected chi connectivity index (χ1v) is 6.81. The summed E-state index contributed by atoms with van der Waals surface area (Å²) >= 11 is 0. The van der Waals surface area contributed by atoms with Crippen LogP contribution in [0.15, 0.2) is 56.2 Å². The van der Waals surface area contributed by atoms with Gasteiger partial charge in [0, 0.05) is 18.2 Å². The van der Waals surface area contributed by atoms with Crippen molar-refractivity contribution >= 4 is 11.1 Å². The third-order valence-corrected chi connectivity index (χ3v) is 3.57. The van der Waals surface area contributed by atoms with Crippen LogP contribution in [-0.4, -0.2) is 14.7 Å². The molecule has 4 aromatic rings. The minimum Gasteiger partial charge on any atom is -0.408 e. The van der Waals surface area contributed by atoms with Crippen molar-refractivity contribution in [3.8, 4) is 22.8 Å². The largest absolute Gasteiger partial charge is 0.419 e. The van der Waals surface area contributed by atoms with Crippen LogP contribution in [0, 0.1) is 5.82 Å². The number of hydrogen-bond donors (Lipinski definition) is 0. The minimum atomic E-state index is -0.433. The zero-order valence-corrected chi connectivity index (χ0v) is 12.0. The number of halogens is 1. The van der Waals surface area contributed by atoms with Gasteiger partial charge in [-0.2, -0.15) is 4.98 Å². The number of hydrogen-bond acceptors (Lipinski definition) is 5. The van der Waals surface area contributed by atoms with Gasteiger partial charge < -0.3 is 8.94 Å². The van der Waals surface area contributed by atoms with Gasteiger partial charge in [-0.1, -0.05) is 5.16 Å². The van der Waals surface area contributed by atoms with Crippen LogP contribution in [0.25, 0.3) is 33.9 Å². The van der Waals surface area contributed by atoms with Crippen molar-refractivity contribution in [2.24, 2.45) is 7.05 Å². The summed E-state index contributed by atoms with van der Waals surface area (Å²) in [5, 5.41) is 3.91. The van der Waals surface area contributed by atoms with Crippen LogP contribution < -0.4 is 5.76 Å². The molecule has 4 rings (SSSR count). The van der Waals surface area contributed by atoms with Crippen molar-refractivity contribution in [1.29, 1.82) is 0 Å². The molecule has 0 radical (unpaired) electrons. The first-order valence-electron chi connectivity index (χ1n) is 6.81. The van der Waals surface area contributed by atoms with Crippen LogP contribution in [0.4, 0.5) is 4.39 Å². The van der Waals surface area contributed by atoms with Gasteiger partial charge in [-0.15, -0.1) is 0 Å². The SMILES string of the molecule is Cn1c(=O)oc2cc(-c3noc(-c4ccc(F)cc4)n3)ccc21. The van der Waals surface area contributed by atoms with E-state index in [1.807, 2.05) is 0 Å². The average Bonchev–Trinajstić information content (AvgIpc) is 3.14. The molecule has 0 unspecified atom stereocenters. The van der Waals surface area contributed by atoms with Crippen molar-refractivity contribution in [3.63, 3.8) is 0 Å². The molecular weight excluding hydrogens is 301 g/mol. The van der Waals surface area contributed by atoms with Gasteiger partial charge in [-0.3, -0.25) is 4.57 Å². The molecule has 0 spiro atoms. The number of aryl methyl sites for hydroxylation is 1. The maximum atomic E-state index is 13.0. The van der Waals surface area contributed by atoms with Crippen molar-refractivity contribution in [2.45, 2.75) is 0 Å². The summed E-state index contributed by atoms with van der Waals surface area (Å²) < 4.78 is 24.7. The van der Waals surface area contributed by atoms with Gasteiger partial charge in [-0.25, -0.2) is 9.18 Å². The summed E-state index contributed by atoms with van der Waals surface area (Å²) in [5.41, 5.74) is 2.41. The molecule has 0 aliphatic heterocycles. The van der Waals surface area contributed by atoms with Gasteiger partial charge in [0.2, 0.25) is 5.82 Å². The Kier molecular flexibility index (Phi) is 2.87. The zero-order valence-electron chi connectivity index (χ0n) is 12.0. The molecule has 0 N–H and O–H groups in total. The molecule has 0 bridgehead atoms. The Bertz CT molecular complexity index is 1060. The van der Waals surface area contributed by atoms with Crippen molar-refractivity contribution in [3.05, 3.63) is 58.8 Å². The number of rotatable bonds is 2. The monoisotopic (exact) mass is 311 g/mol. The molecule has 0 aliphatic rings. The second-order valence-electron chi connectivity index (χ2n) is 5.04. The maximum absolute atomic E-state index is 13.0. The smallest absolute Gasteiger partial charge is 0.408 e. The molecule has 0 saturated carbocycles. The number of benzene rings is 2. The fraction of sp³-hybridized carbons (Fsp3) is 0.0625. The Morgan fingerprint density at radius 2 is 1.83 bits per heavy atom. The average molecular weight is 311 g/mol. The van der Waals surface area contributed by atoms with Gasteiger partial charge >= 0.3 is 5.76 Å². The lowest BCUT2D eigenvalue weighted by molar-refractivity contribution is 0.432. The topological polar surface area (TPSA) is 74.1 Å². The molecule has 7 heteroatoms. The first-order chi connectivity index (χ1) is 11.1. The van der Waals surface area contributed by atoms with Gasteiger partial charge in [-0.05, 0) is 42.5 Å². The molecule has 2 aromatic carbocycles. The second-order valence-corrected chi connectivity index (χ2v) is 5.04. The molecule has 23 heavy (non-hydrogen) atoms. The van der Waals surface area contributed by atoms with Gasteiger partial charge in [0.25, 0.3) is 5.89 Å². The molecule has 2 heterocycles. The highest BCUT2D eigenvalue weighted by atomic mass is 19.1. The van der Waals surface area contributed by atoms with E-state index in [4.69, 9.17) is 8.94 Å². The number of oxazole rings is 1. The normalized spacial score (nSPS) is 11.2. The third-order valence-electron chi connectivity index (χ3n) is 3.57. The van der Waals surface area contributed by atoms with E-state index in [0.29, 0.717) is 28.1 Å². The van der Waals surface area contributed by atoms with Crippen LogP contribution >= 0.6 is 0 Å². The van der Waals surface area contributed by atoms with Crippen molar-refractivity contribution in [1.82, 2.24) is 14.7 Å². The summed E-state index contributed by atoms with van der Waals surface area (Å²) in [6, 6.07) is 11.0. The minimum absolute atomic E-state index is 0.287. The predicted octanol–water partition coefficient (Wildman–Crippen LogP) is 2.99. The van der Waals surface area contributed by atoms with E-state index in [1.165, 1.54) is 16.7 Å². The Morgan fingerprint density at radius 3 is 2.61 bits per heavy atom. The molecule has 114 valence electrons. The fourth-order valence-corrected chi connectivity index (χ4v) is 2.32. The Morgan fingerprint density at radius 1 is 1.09 bits per heavy atom. The first kappa shape index (κ1) is 13.4. The quantitative estimate of drug-likeness (QED) is 0.569. The Balaban J connectivity index is 1.76. The number of fused-ring (bicyclic) bond motifs is 1. The van der Waals surface area contributed by atoms with Gasteiger partial charge in [0.15, 0.2) is 5.58 Å². The van der Waals surface area contributed by atoms with E-state index in [0.717, 1.165) is 0 Å². The Labute approximate surface area is 128 Å². The van der Waals surface area contributed by atoms with E-state index >= 15 is 0 Å². The lowest BCUT2D eigenvalue weighted by atomic mass is 10.2. The zero-order chi connectivity index (χ0) is 16.0. The number of nitrogens with zero attached hydrogens (tertiary/aromatic N) is 3. The lowest BCUT2D eigenvalue weighted by Crippen LogP contribution is -2.08. The highest BCUT2D eigenvalue weighted by molar-refractivity contribution is 5.78. The van der Waals surface area contributed by atoms with Crippen LogP contribution in [0.2, 0.25) is 0 Å². The summed E-state index contributed by atoms with van der Waals surface area (Å²) in [6.07, 6.45) is 0. The maximum Gasteiger partial charge on any atom is 0.419 e. The van der Waals surface area contributed by atoms with E-state index in [-0.39, 0.29) is 11.7 Å². The van der Waals surface area contributed by atoms with Crippen molar-refractivity contribution in [2.75, 3.05) is 0 Å². The van der Waals surface area contributed by atoms with E-state index < -0.39 is 5.76 Å². The summed E-state index contributed by atoms with van der Waals surface area (Å²) in [7, 11) is 1.63. The molecule has 2 aromatic heterocycles. The molecule has 0 atom stereocenters. The van der Waals surface area contributed by atoms with E-state index in [9.17, 15) is 9.18 Å². The summed E-state index contributed by atoms with van der Waals surface area (Å²) in [6.45, 7) is 0. The van der Waals surface area contributed by atoms with Crippen LogP contribution in [-0.2, 0) is 7.05 Å². The van der Waals surface area contributed by atoms with Crippen LogP contribution in [0.3, 0.4) is 0 Å². The van der Waals surface area contributed by atoms with E-state index in [2.05, 4.69) is 10.1 Å².